The Hall–Kier alpha value is -3.18. The highest BCUT2D eigenvalue weighted by molar-refractivity contribution is 5.98. The molecule has 2 aromatic heterocycles. The van der Waals surface area contributed by atoms with Gasteiger partial charge in [-0.05, 0) is 45.4 Å². The number of carbonyl (C=O) groups is 1. The first-order valence-corrected chi connectivity index (χ1v) is 9.57. The fraction of sp³-hybridized carbons (Fsp3) is 0.429. The topological polar surface area (TPSA) is 96.9 Å². The minimum atomic E-state index is -0.765. The van der Waals surface area contributed by atoms with Crippen LogP contribution in [0, 0.1) is 18.3 Å². The lowest BCUT2D eigenvalue weighted by Gasteiger charge is -2.36. The molecular formula is C21H24N4O4. The lowest BCUT2D eigenvalue weighted by atomic mass is 10.1. The fourth-order valence-corrected chi connectivity index (χ4v) is 3.51. The van der Waals surface area contributed by atoms with E-state index in [1.165, 1.54) is 10.5 Å². The highest BCUT2D eigenvalue weighted by Crippen LogP contribution is 2.24. The summed E-state index contributed by atoms with van der Waals surface area (Å²) in [7, 11) is 0. The number of esters is 1. The number of pyridine rings is 1. The van der Waals surface area contributed by atoms with Crippen LogP contribution in [-0.2, 0) is 14.3 Å². The summed E-state index contributed by atoms with van der Waals surface area (Å²) in [6.07, 6.45) is 2.81. The third-order valence-corrected chi connectivity index (χ3v) is 4.69. The van der Waals surface area contributed by atoms with E-state index in [0.717, 1.165) is 5.56 Å². The van der Waals surface area contributed by atoms with Crippen LogP contribution in [0.3, 0.4) is 0 Å². The van der Waals surface area contributed by atoms with Gasteiger partial charge in [-0.3, -0.25) is 9.20 Å². The summed E-state index contributed by atoms with van der Waals surface area (Å²) in [4.78, 5) is 32.1. The summed E-state index contributed by atoms with van der Waals surface area (Å²) < 4.78 is 12.2. The summed E-state index contributed by atoms with van der Waals surface area (Å²) in [5.41, 5.74) is 0.971. The maximum absolute atomic E-state index is 13.3. The second-order valence-corrected chi connectivity index (χ2v) is 7.09. The normalized spacial score (nSPS) is 19.8. The molecule has 8 heteroatoms. The first kappa shape index (κ1) is 20.6. The SMILES string of the molecule is CCOC(=O)C(C#N)=Cc1c(N2CC(C)OC(C)C2)nc2c(C)cccn2c1=O. The zero-order chi connectivity index (χ0) is 21.1. The smallest absolute Gasteiger partial charge is 0.348 e. The molecule has 0 spiro atoms. The molecule has 0 bridgehead atoms. The summed E-state index contributed by atoms with van der Waals surface area (Å²) >= 11 is 0. The third-order valence-electron chi connectivity index (χ3n) is 4.69. The van der Waals surface area contributed by atoms with E-state index in [1.807, 2.05) is 37.8 Å². The average molecular weight is 396 g/mol. The van der Waals surface area contributed by atoms with E-state index in [-0.39, 0.29) is 35.5 Å². The van der Waals surface area contributed by atoms with E-state index in [4.69, 9.17) is 14.5 Å². The van der Waals surface area contributed by atoms with Gasteiger partial charge in [0.2, 0.25) is 0 Å². The number of nitriles is 1. The van der Waals surface area contributed by atoms with Gasteiger partial charge in [0.05, 0.1) is 24.4 Å². The number of carbonyl (C=O) groups excluding carboxylic acids is 1. The number of aromatic nitrogens is 2. The van der Waals surface area contributed by atoms with Gasteiger partial charge in [-0.1, -0.05) is 6.07 Å². The Morgan fingerprint density at radius 3 is 2.72 bits per heavy atom. The monoisotopic (exact) mass is 396 g/mol. The number of nitrogens with zero attached hydrogens (tertiary/aromatic N) is 4. The number of ether oxygens (including phenoxy) is 2. The molecule has 0 N–H and O–H groups in total. The first-order chi connectivity index (χ1) is 13.8. The average Bonchev–Trinajstić information content (AvgIpc) is 2.67. The molecule has 2 aromatic rings. The van der Waals surface area contributed by atoms with Gasteiger partial charge >= 0.3 is 5.97 Å². The molecule has 1 aliphatic heterocycles. The summed E-state index contributed by atoms with van der Waals surface area (Å²) in [5, 5.41) is 9.44. The lowest BCUT2D eigenvalue weighted by molar-refractivity contribution is -0.137. The van der Waals surface area contributed by atoms with Gasteiger partial charge in [0, 0.05) is 19.3 Å². The van der Waals surface area contributed by atoms with Crippen LogP contribution in [-0.4, -0.2) is 47.3 Å². The molecule has 1 saturated heterocycles. The van der Waals surface area contributed by atoms with E-state index < -0.39 is 5.97 Å². The van der Waals surface area contributed by atoms with Gasteiger partial charge in [-0.2, -0.15) is 5.26 Å². The zero-order valence-corrected chi connectivity index (χ0v) is 17.0. The lowest BCUT2D eigenvalue weighted by Crippen LogP contribution is -2.46. The van der Waals surface area contributed by atoms with Gasteiger partial charge in [0.25, 0.3) is 5.56 Å². The molecule has 8 nitrogen and oxygen atoms in total. The molecule has 152 valence electrons. The Bertz CT molecular complexity index is 1060. The highest BCUT2D eigenvalue weighted by atomic mass is 16.5. The molecule has 0 amide bonds. The van der Waals surface area contributed by atoms with Crippen molar-refractivity contribution in [2.75, 3.05) is 24.6 Å². The Kier molecular flexibility index (Phi) is 5.99. The number of morpholine rings is 1. The Morgan fingerprint density at radius 2 is 2.10 bits per heavy atom. The minimum Gasteiger partial charge on any atom is -0.462 e. The van der Waals surface area contributed by atoms with Crippen LogP contribution in [0.5, 0.6) is 0 Å². The van der Waals surface area contributed by atoms with E-state index in [0.29, 0.717) is 24.6 Å². The minimum absolute atomic E-state index is 0.0480. The van der Waals surface area contributed by atoms with Crippen molar-refractivity contribution in [2.24, 2.45) is 0 Å². The second kappa shape index (κ2) is 8.45. The molecule has 2 unspecified atom stereocenters. The number of aryl methyl sites for hydroxylation is 1. The predicted molar refractivity (Wildman–Crippen MR) is 109 cm³/mol. The molecular weight excluding hydrogens is 372 g/mol. The second-order valence-electron chi connectivity index (χ2n) is 7.09. The van der Waals surface area contributed by atoms with Gasteiger partial charge < -0.3 is 14.4 Å². The van der Waals surface area contributed by atoms with Crippen LogP contribution in [0.25, 0.3) is 11.7 Å². The number of anilines is 1. The highest BCUT2D eigenvalue weighted by Gasteiger charge is 2.27. The van der Waals surface area contributed by atoms with Crippen LogP contribution >= 0.6 is 0 Å². The molecule has 3 rings (SSSR count). The van der Waals surface area contributed by atoms with Gasteiger partial charge in [0.15, 0.2) is 0 Å². The van der Waals surface area contributed by atoms with Gasteiger partial charge in [-0.15, -0.1) is 0 Å². The molecule has 29 heavy (non-hydrogen) atoms. The van der Waals surface area contributed by atoms with Crippen molar-refractivity contribution in [3.05, 3.63) is 45.4 Å². The molecule has 0 radical (unpaired) electrons. The van der Waals surface area contributed by atoms with Crippen molar-refractivity contribution in [1.29, 1.82) is 5.26 Å². The van der Waals surface area contributed by atoms with E-state index in [9.17, 15) is 14.9 Å². The summed E-state index contributed by atoms with van der Waals surface area (Å²) in [6, 6.07) is 5.47. The molecule has 0 aromatic carbocycles. The number of fused-ring (bicyclic) bond motifs is 1. The van der Waals surface area contributed by atoms with Crippen molar-refractivity contribution in [2.45, 2.75) is 39.9 Å². The van der Waals surface area contributed by atoms with E-state index >= 15 is 0 Å². The van der Waals surface area contributed by atoms with Crippen molar-refractivity contribution < 1.29 is 14.3 Å². The van der Waals surface area contributed by atoms with Crippen LogP contribution in [0.15, 0.2) is 28.7 Å². The Labute approximate surface area is 169 Å². The molecule has 2 atom stereocenters. The molecule has 1 fully saturated rings. The number of rotatable bonds is 4. The molecule has 3 heterocycles. The maximum Gasteiger partial charge on any atom is 0.348 e. The first-order valence-electron chi connectivity index (χ1n) is 9.57. The van der Waals surface area contributed by atoms with Gasteiger partial charge in [0.1, 0.15) is 23.1 Å². The van der Waals surface area contributed by atoms with Crippen LogP contribution in [0.2, 0.25) is 0 Å². The van der Waals surface area contributed by atoms with Crippen molar-refractivity contribution >= 4 is 23.5 Å². The zero-order valence-electron chi connectivity index (χ0n) is 17.0. The Balaban J connectivity index is 2.26. The summed E-state index contributed by atoms with van der Waals surface area (Å²) in [6.45, 7) is 8.67. The van der Waals surface area contributed by atoms with E-state index in [2.05, 4.69) is 0 Å². The molecule has 0 saturated carbocycles. The van der Waals surface area contributed by atoms with Crippen LogP contribution in [0.4, 0.5) is 5.82 Å². The fourth-order valence-electron chi connectivity index (χ4n) is 3.51. The number of hydrogen-bond donors (Lipinski definition) is 0. The standard InChI is InChI=1S/C21H24N4O4/c1-5-28-21(27)16(10-22)9-17-19(24-11-14(3)29-15(4)12-24)23-18-13(2)7-6-8-25(18)20(17)26/h6-9,14-15H,5,11-12H2,1-4H3. The predicted octanol–water partition coefficient (Wildman–Crippen LogP) is 2.09. The van der Waals surface area contributed by atoms with Crippen molar-refractivity contribution in [3.8, 4) is 6.07 Å². The van der Waals surface area contributed by atoms with Crippen molar-refractivity contribution in [3.63, 3.8) is 0 Å². The summed E-state index contributed by atoms with van der Waals surface area (Å²) in [5.74, 6) is -0.332. The maximum atomic E-state index is 13.3. The third kappa shape index (κ3) is 4.15. The number of hydrogen-bond acceptors (Lipinski definition) is 7. The van der Waals surface area contributed by atoms with Crippen LogP contribution < -0.4 is 10.5 Å². The van der Waals surface area contributed by atoms with E-state index in [1.54, 1.807) is 19.2 Å². The quantitative estimate of drug-likeness (QED) is 0.443. The van der Waals surface area contributed by atoms with Crippen LogP contribution in [0.1, 0.15) is 31.9 Å². The van der Waals surface area contributed by atoms with Gasteiger partial charge in [-0.25, -0.2) is 9.78 Å². The molecule has 1 aliphatic rings. The Morgan fingerprint density at radius 1 is 1.41 bits per heavy atom. The molecule has 0 aliphatic carbocycles. The van der Waals surface area contributed by atoms with Crippen molar-refractivity contribution in [1.82, 2.24) is 9.38 Å². The largest absolute Gasteiger partial charge is 0.462 e.